The number of methoxy groups -OCH3 is 1. The Morgan fingerprint density at radius 1 is 1.37 bits per heavy atom. The lowest BCUT2D eigenvalue weighted by Gasteiger charge is -2.05. The van der Waals surface area contributed by atoms with E-state index in [1.807, 2.05) is 30.3 Å². The van der Waals surface area contributed by atoms with Crippen LogP contribution < -0.4 is 5.32 Å². The molecule has 2 rings (SSSR count). The van der Waals surface area contributed by atoms with Crippen LogP contribution in [0.5, 0.6) is 0 Å². The molecule has 0 aliphatic heterocycles. The fourth-order valence-corrected chi connectivity index (χ4v) is 1.79. The highest BCUT2D eigenvalue weighted by Gasteiger charge is 2.20. The van der Waals surface area contributed by atoms with Crippen molar-refractivity contribution in [1.29, 1.82) is 0 Å². The summed E-state index contributed by atoms with van der Waals surface area (Å²) < 4.78 is 10.0. The maximum Gasteiger partial charge on any atom is 0.257 e. The SMILES string of the molecule is COCCNC(=O)c1c(-c2ccccc2)noc1C. The van der Waals surface area contributed by atoms with Gasteiger partial charge in [0.05, 0.1) is 6.61 Å². The predicted octanol–water partition coefficient (Wildman–Crippen LogP) is 2.03. The summed E-state index contributed by atoms with van der Waals surface area (Å²) >= 11 is 0. The largest absolute Gasteiger partial charge is 0.383 e. The maximum atomic E-state index is 12.1. The van der Waals surface area contributed by atoms with Gasteiger partial charge in [0.25, 0.3) is 5.91 Å². The van der Waals surface area contributed by atoms with Crippen LogP contribution >= 0.6 is 0 Å². The molecule has 0 saturated heterocycles. The number of rotatable bonds is 5. The first-order chi connectivity index (χ1) is 9.24. The van der Waals surface area contributed by atoms with Crippen molar-refractivity contribution < 1.29 is 14.1 Å². The number of nitrogens with one attached hydrogen (secondary N) is 1. The number of benzene rings is 1. The molecule has 19 heavy (non-hydrogen) atoms. The van der Waals surface area contributed by atoms with Crippen LogP contribution in [0.2, 0.25) is 0 Å². The monoisotopic (exact) mass is 260 g/mol. The van der Waals surface area contributed by atoms with E-state index in [0.29, 0.717) is 30.2 Å². The molecule has 0 spiro atoms. The van der Waals surface area contributed by atoms with Gasteiger partial charge in [-0.15, -0.1) is 0 Å². The van der Waals surface area contributed by atoms with E-state index in [1.54, 1.807) is 14.0 Å². The third-order valence-electron chi connectivity index (χ3n) is 2.73. The van der Waals surface area contributed by atoms with Gasteiger partial charge in [0.2, 0.25) is 0 Å². The number of ether oxygens (including phenoxy) is 1. The van der Waals surface area contributed by atoms with Crippen molar-refractivity contribution in [1.82, 2.24) is 10.5 Å². The van der Waals surface area contributed by atoms with Gasteiger partial charge in [-0.2, -0.15) is 0 Å². The third-order valence-corrected chi connectivity index (χ3v) is 2.73. The molecule has 1 aromatic heterocycles. The number of hydrogen-bond donors (Lipinski definition) is 1. The summed E-state index contributed by atoms with van der Waals surface area (Å²) in [6, 6.07) is 9.49. The van der Waals surface area contributed by atoms with Gasteiger partial charge in [0, 0.05) is 19.2 Å². The molecule has 0 saturated carbocycles. The maximum absolute atomic E-state index is 12.1. The zero-order valence-corrected chi connectivity index (χ0v) is 11.0. The highest BCUT2D eigenvalue weighted by atomic mass is 16.5. The van der Waals surface area contributed by atoms with E-state index < -0.39 is 0 Å². The molecule has 0 aliphatic rings. The Bertz CT molecular complexity index is 549. The van der Waals surface area contributed by atoms with Crippen molar-refractivity contribution in [3.8, 4) is 11.3 Å². The lowest BCUT2D eigenvalue weighted by atomic mass is 10.1. The van der Waals surface area contributed by atoms with Gasteiger partial charge in [0.1, 0.15) is 17.0 Å². The van der Waals surface area contributed by atoms with Crippen LogP contribution in [0.4, 0.5) is 0 Å². The Morgan fingerprint density at radius 2 is 2.11 bits per heavy atom. The quantitative estimate of drug-likeness (QED) is 0.835. The Balaban J connectivity index is 2.25. The number of aromatic nitrogens is 1. The number of amides is 1. The van der Waals surface area contributed by atoms with Crippen LogP contribution in [0.15, 0.2) is 34.9 Å². The molecule has 0 unspecified atom stereocenters. The van der Waals surface area contributed by atoms with E-state index in [-0.39, 0.29) is 5.91 Å². The summed E-state index contributed by atoms with van der Waals surface area (Å²) in [6.07, 6.45) is 0. The minimum Gasteiger partial charge on any atom is -0.383 e. The molecule has 1 N–H and O–H groups in total. The number of nitrogens with zero attached hydrogens (tertiary/aromatic N) is 1. The molecule has 0 aliphatic carbocycles. The average molecular weight is 260 g/mol. The van der Waals surface area contributed by atoms with E-state index >= 15 is 0 Å². The van der Waals surface area contributed by atoms with Crippen molar-refractivity contribution in [3.63, 3.8) is 0 Å². The second-order valence-electron chi connectivity index (χ2n) is 4.08. The summed E-state index contributed by atoms with van der Waals surface area (Å²) in [7, 11) is 1.59. The fourth-order valence-electron chi connectivity index (χ4n) is 1.79. The average Bonchev–Trinajstić information content (AvgIpc) is 2.82. The van der Waals surface area contributed by atoms with Crippen molar-refractivity contribution >= 4 is 5.91 Å². The molecule has 1 amide bonds. The van der Waals surface area contributed by atoms with Crippen LogP contribution in [0.1, 0.15) is 16.1 Å². The van der Waals surface area contributed by atoms with Crippen LogP contribution in [-0.4, -0.2) is 31.3 Å². The molecule has 1 heterocycles. The van der Waals surface area contributed by atoms with Crippen molar-refractivity contribution in [2.24, 2.45) is 0 Å². The van der Waals surface area contributed by atoms with Gasteiger partial charge in [-0.3, -0.25) is 4.79 Å². The van der Waals surface area contributed by atoms with Gasteiger partial charge in [0.15, 0.2) is 0 Å². The summed E-state index contributed by atoms with van der Waals surface area (Å²) in [6.45, 7) is 2.65. The van der Waals surface area contributed by atoms with E-state index in [9.17, 15) is 4.79 Å². The lowest BCUT2D eigenvalue weighted by molar-refractivity contribution is 0.0936. The Kier molecular flexibility index (Phi) is 4.30. The van der Waals surface area contributed by atoms with E-state index in [2.05, 4.69) is 10.5 Å². The smallest absolute Gasteiger partial charge is 0.257 e. The Hall–Kier alpha value is -2.14. The molecule has 0 bridgehead atoms. The Morgan fingerprint density at radius 3 is 2.79 bits per heavy atom. The molecule has 5 nitrogen and oxygen atoms in total. The van der Waals surface area contributed by atoms with Crippen LogP contribution in [0.3, 0.4) is 0 Å². The van der Waals surface area contributed by atoms with Gasteiger partial charge in [-0.1, -0.05) is 35.5 Å². The second-order valence-corrected chi connectivity index (χ2v) is 4.08. The summed E-state index contributed by atoms with van der Waals surface area (Å²) in [5.74, 6) is 0.309. The van der Waals surface area contributed by atoms with Gasteiger partial charge in [-0.25, -0.2) is 0 Å². The molecule has 1 aromatic carbocycles. The first-order valence-corrected chi connectivity index (χ1v) is 6.03. The van der Waals surface area contributed by atoms with Crippen molar-refractivity contribution in [2.45, 2.75) is 6.92 Å². The number of hydrogen-bond acceptors (Lipinski definition) is 4. The fraction of sp³-hybridized carbons (Fsp3) is 0.286. The first kappa shape index (κ1) is 13.3. The van der Waals surface area contributed by atoms with Crippen molar-refractivity contribution in [2.75, 3.05) is 20.3 Å². The molecule has 0 atom stereocenters. The zero-order valence-electron chi connectivity index (χ0n) is 11.0. The lowest BCUT2D eigenvalue weighted by Crippen LogP contribution is -2.27. The topological polar surface area (TPSA) is 64.4 Å². The predicted molar refractivity (Wildman–Crippen MR) is 70.9 cm³/mol. The van der Waals surface area contributed by atoms with Gasteiger partial charge < -0.3 is 14.6 Å². The van der Waals surface area contributed by atoms with Crippen LogP contribution in [0, 0.1) is 6.92 Å². The minimum atomic E-state index is -0.199. The molecule has 100 valence electrons. The third kappa shape index (κ3) is 3.00. The number of carbonyl (C=O) groups excluding carboxylic acids is 1. The molecular formula is C14H16N2O3. The number of aryl methyl sites for hydroxylation is 1. The number of carbonyl (C=O) groups is 1. The normalized spacial score (nSPS) is 10.4. The van der Waals surface area contributed by atoms with Crippen LogP contribution in [0.25, 0.3) is 11.3 Å². The van der Waals surface area contributed by atoms with Crippen LogP contribution in [-0.2, 0) is 4.74 Å². The van der Waals surface area contributed by atoms with E-state index in [0.717, 1.165) is 5.56 Å². The standard InChI is InChI=1S/C14H16N2O3/c1-10-12(14(17)15-8-9-18-2)13(16-19-10)11-6-4-3-5-7-11/h3-7H,8-9H2,1-2H3,(H,15,17). The van der Waals surface area contributed by atoms with Gasteiger partial charge in [-0.05, 0) is 6.92 Å². The molecule has 2 aromatic rings. The first-order valence-electron chi connectivity index (χ1n) is 6.03. The summed E-state index contributed by atoms with van der Waals surface area (Å²) in [5.41, 5.74) is 1.89. The highest BCUT2D eigenvalue weighted by Crippen LogP contribution is 2.24. The highest BCUT2D eigenvalue weighted by molar-refractivity contribution is 6.00. The molecular weight excluding hydrogens is 244 g/mol. The van der Waals surface area contributed by atoms with Gasteiger partial charge >= 0.3 is 0 Å². The summed E-state index contributed by atoms with van der Waals surface area (Å²) in [4.78, 5) is 12.1. The Labute approximate surface area is 111 Å². The van der Waals surface area contributed by atoms with E-state index in [1.165, 1.54) is 0 Å². The zero-order chi connectivity index (χ0) is 13.7. The van der Waals surface area contributed by atoms with E-state index in [4.69, 9.17) is 9.26 Å². The summed E-state index contributed by atoms with van der Waals surface area (Å²) in [5, 5.41) is 6.74. The molecule has 0 fully saturated rings. The minimum absolute atomic E-state index is 0.199. The second kappa shape index (κ2) is 6.15. The molecule has 0 radical (unpaired) electrons. The molecule has 5 heteroatoms. The van der Waals surface area contributed by atoms with Crippen molar-refractivity contribution in [3.05, 3.63) is 41.7 Å².